The van der Waals surface area contributed by atoms with Gasteiger partial charge in [-0.2, -0.15) is 15.3 Å². The summed E-state index contributed by atoms with van der Waals surface area (Å²) in [6.45, 7) is 3.96. The van der Waals surface area contributed by atoms with Crippen LogP contribution in [0.5, 0.6) is 0 Å². The van der Waals surface area contributed by atoms with Gasteiger partial charge in [-0.1, -0.05) is 0 Å². The predicted octanol–water partition coefficient (Wildman–Crippen LogP) is 3.07. The molecular formula is C21H27N9. The van der Waals surface area contributed by atoms with Gasteiger partial charge in [-0.25, -0.2) is 4.98 Å². The first-order valence-corrected chi connectivity index (χ1v) is 10.7. The molecule has 3 fully saturated rings. The SMILES string of the molecule is Cc1cc(Nc2nc(N[C@H]3CC4CC[C@H](C3)N(CCC#N)C4)n3cccnc23)n[nH]1. The predicted molar refractivity (Wildman–Crippen MR) is 115 cm³/mol. The molecule has 1 saturated carbocycles. The van der Waals surface area contributed by atoms with Crippen molar-refractivity contribution in [1.29, 1.82) is 5.26 Å². The molecule has 9 heteroatoms. The van der Waals surface area contributed by atoms with E-state index in [1.54, 1.807) is 6.20 Å². The second-order valence-electron chi connectivity index (χ2n) is 8.47. The highest BCUT2D eigenvalue weighted by molar-refractivity contribution is 5.72. The fraction of sp³-hybridized carbons (Fsp3) is 0.524. The van der Waals surface area contributed by atoms with E-state index in [1.807, 2.05) is 29.7 Å². The molecule has 9 nitrogen and oxygen atoms in total. The fourth-order valence-corrected chi connectivity index (χ4v) is 4.95. The molecule has 30 heavy (non-hydrogen) atoms. The Morgan fingerprint density at radius 1 is 1.33 bits per heavy atom. The molecule has 5 heterocycles. The van der Waals surface area contributed by atoms with Crippen LogP contribution in [0.25, 0.3) is 5.65 Å². The number of piperidine rings is 1. The van der Waals surface area contributed by atoms with Crippen LogP contribution < -0.4 is 10.6 Å². The quantitative estimate of drug-likeness (QED) is 0.578. The summed E-state index contributed by atoms with van der Waals surface area (Å²) in [5, 5.41) is 23.2. The highest BCUT2D eigenvalue weighted by Gasteiger charge is 2.35. The van der Waals surface area contributed by atoms with E-state index < -0.39 is 0 Å². The Morgan fingerprint density at radius 2 is 2.27 bits per heavy atom. The number of anilines is 3. The lowest BCUT2D eigenvalue weighted by Gasteiger charge is -2.36. The number of nitrogens with zero attached hydrogens (tertiary/aromatic N) is 6. The van der Waals surface area contributed by atoms with Crippen molar-refractivity contribution < 1.29 is 0 Å². The van der Waals surface area contributed by atoms with Crippen molar-refractivity contribution in [1.82, 2.24) is 29.5 Å². The number of imidazole rings is 1. The lowest BCUT2D eigenvalue weighted by Crippen LogP contribution is -2.41. The molecule has 0 radical (unpaired) electrons. The van der Waals surface area contributed by atoms with Crippen LogP contribution >= 0.6 is 0 Å². The van der Waals surface area contributed by atoms with Gasteiger partial charge < -0.3 is 10.6 Å². The Balaban J connectivity index is 1.37. The second-order valence-corrected chi connectivity index (χ2v) is 8.47. The molecule has 2 saturated heterocycles. The van der Waals surface area contributed by atoms with Gasteiger partial charge in [0.25, 0.3) is 0 Å². The van der Waals surface area contributed by atoms with Crippen molar-refractivity contribution in [2.24, 2.45) is 5.92 Å². The minimum Gasteiger partial charge on any atom is -0.352 e. The third-order valence-corrected chi connectivity index (χ3v) is 6.29. The maximum atomic E-state index is 8.98. The maximum absolute atomic E-state index is 8.98. The summed E-state index contributed by atoms with van der Waals surface area (Å²) in [5.74, 6) is 2.90. The van der Waals surface area contributed by atoms with Crippen molar-refractivity contribution >= 4 is 23.2 Å². The number of hydrogen-bond donors (Lipinski definition) is 3. The minimum atomic E-state index is 0.362. The third-order valence-electron chi connectivity index (χ3n) is 6.29. The van der Waals surface area contributed by atoms with E-state index in [-0.39, 0.29) is 0 Å². The van der Waals surface area contributed by atoms with Crippen molar-refractivity contribution in [3.05, 3.63) is 30.2 Å². The molecule has 1 unspecified atom stereocenters. The molecule has 2 aliphatic heterocycles. The summed E-state index contributed by atoms with van der Waals surface area (Å²) in [5.41, 5.74) is 1.76. The van der Waals surface area contributed by atoms with Gasteiger partial charge in [-0.05, 0) is 44.6 Å². The monoisotopic (exact) mass is 405 g/mol. The molecule has 0 spiro atoms. The van der Waals surface area contributed by atoms with Crippen LogP contribution in [0.3, 0.4) is 0 Å². The molecule has 3 aliphatic rings. The van der Waals surface area contributed by atoms with Gasteiger partial charge in [0, 0.05) is 55.7 Å². The zero-order valence-corrected chi connectivity index (χ0v) is 17.2. The largest absolute Gasteiger partial charge is 0.352 e. The number of nitriles is 1. The summed E-state index contributed by atoms with van der Waals surface area (Å²) >= 11 is 0. The topological polar surface area (TPSA) is 110 Å². The zero-order valence-electron chi connectivity index (χ0n) is 17.2. The molecule has 156 valence electrons. The number of fused-ring (bicyclic) bond motifs is 5. The Kier molecular flexibility index (Phi) is 5.01. The number of aromatic nitrogens is 5. The van der Waals surface area contributed by atoms with E-state index in [4.69, 9.17) is 10.2 Å². The highest BCUT2D eigenvalue weighted by Crippen LogP contribution is 2.35. The summed E-state index contributed by atoms with van der Waals surface area (Å²) in [6, 6.07) is 7.07. The van der Waals surface area contributed by atoms with Gasteiger partial charge in [0.15, 0.2) is 17.3 Å². The van der Waals surface area contributed by atoms with Crippen LogP contribution in [0, 0.1) is 24.2 Å². The second kappa shape index (κ2) is 7.95. The van der Waals surface area contributed by atoms with Crippen LogP contribution in [-0.4, -0.2) is 54.6 Å². The van der Waals surface area contributed by atoms with Crippen molar-refractivity contribution in [2.75, 3.05) is 23.7 Å². The summed E-state index contributed by atoms with van der Waals surface area (Å²) < 4.78 is 2.00. The first kappa shape index (κ1) is 18.9. The summed E-state index contributed by atoms with van der Waals surface area (Å²) in [6.07, 6.45) is 9.10. The lowest BCUT2D eigenvalue weighted by molar-refractivity contribution is 0.127. The number of nitrogens with one attached hydrogen (secondary N) is 3. The van der Waals surface area contributed by atoms with Crippen LogP contribution in [0.2, 0.25) is 0 Å². The molecule has 3 N–H and O–H groups in total. The van der Waals surface area contributed by atoms with E-state index in [0.717, 1.165) is 49.0 Å². The van der Waals surface area contributed by atoms with Gasteiger partial charge in [0.2, 0.25) is 5.95 Å². The Labute approximate surface area is 175 Å². The normalized spacial score (nSPS) is 23.9. The molecule has 3 atom stereocenters. The van der Waals surface area contributed by atoms with E-state index in [0.29, 0.717) is 30.2 Å². The lowest BCUT2D eigenvalue weighted by atomic mass is 9.94. The maximum Gasteiger partial charge on any atom is 0.211 e. The highest BCUT2D eigenvalue weighted by atomic mass is 15.3. The zero-order chi connectivity index (χ0) is 20.5. The molecule has 1 aliphatic carbocycles. The molecule has 3 aromatic rings. The van der Waals surface area contributed by atoms with Crippen LogP contribution in [0.4, 0.5) is 17.6 Å². The Bertz CT molecular complexity index is 1060. The Hall–Kier alpha value is -3.12. The number of hydrogen-bond acceptors (Lipinski definition) is 7. The number of aromatic amines is 1. The minimum absolute atomic E-state index is 0.362. The van der Waals surface area contributed by atoms with E-state index in [2.05, 4.69) is 36.8 Å². The standard InChI is InChI=1S/C21H27N9/c1-14-10-18(28-27-14)25-19-20-23-7-3-9-30(20)21(26-19)24-16-11-15-4-5-17(12-16)29(13-15)8-2-6-22/h3,7,9-10,15-17H,2,4-5,8,11-13H2,1H3,(H,24,26)(H2,25,27,28)/t15?,16-,17+/m0/s1. The van der Waals surface area contributed by atoms with E-state index >= 15 is 0 Å². The van der Waals surface area contributed by atoms with Crippen molar-refractivity contribution in [3.63, 3.8) is 0 Å². The third kappa shape index (κ3) is 3.71. The van der Waals surface area contributed by atoms with Crippen LogP contribution in [0.1, 0.15) is 37.8 Å². The van der Waals surface area contributed by atoms with E-state index in [9.17, 15) is 0 Å². The first-order chi connectivity index (χ1) is 14.7. The average molecular weight is 406 g/mol. The Morgan fingerprint density at radius 3 is 3.10 bits per heavy atom. The number of rotatable bonds is 6. The first-order valence-electron chi connectivity index (χ1n) is 10.7. The summed E-state index contributed by atoms with van der Waals surface area (Å²) in [4.78, 5) is 11.9. The molecule has 6 rings (SSSR count). The van der Waals surface area contributed by atoms with Gasteiger partial charge in [-0.15, -0.1) is 0 Å². The smallest absolute Gasteiger partial charge is 0.211 e. The molecular weight excluding hydrogens is 378 g/mol. The van der Waals surface area contributed by atoms with Crippen LogP contribution in [-0.2, 0) is 0 Å². The number of aryl methyl sites for hydroxylation is 1. The molecule has 3 aromatic heterocycles. The average Bonchev–Trinajstić information content (AvgIpc) is 3.18. The molecule has 0 amide bonds. The molecule has 0 aromatic carbocycles. The van der Waals surface area contributed by atoms with Crippen molar-refractivity contribution in [2.45, 2.75) is 51.1 Å². The van der Waals surface area contributed by atoms with Crippen molar-refractivity contribution in [3.8, 4) is 6.07 Å². The van der Waals surface area contributed by atoms with E-state index in [1.165, 1.54) is 12.8 Å². The van der Waals surface area contributed by atoms with Gasteiger partial charge >= 0.3 is 0 Å². The number of H-pyrrole nitrogens is 1. The fourth-order valence-electron chi connectivity index (χ4n) is 4.95. The summed E-state index contributed by atoms with van der Waals surface area (Å²) in [7, 11) is 0. The van der Waals surface area contributed by atoms with Gasteiger partial charge in [0.05, 0.1) is 6.07 Å². The van der Waals surface area contributed by atoms with Gasteiger partial charge in [-0.3, -0.25) is 14.4 Å². The van der Waals surface area contributed by atoms with Crippen LogP contribution in [0.15, 0.2) is 24.5 Å². The van der Waals surface area contributed by atoms with Gasteiger partial charge in [0.1, 0.15) is 0 Å². The molecule has 2 bridgehead atoms.